The van der Waals surface area contributed by atoms with Gasteiger partial charge in [0.15, 0.2) is 0 Å². The standard InChI is InChI=1S/C54H51N3O/c1-52(2,3)40-30-38(29-39(31-40)46-32-37(25-28-55-46)35-17-10-8-11-18-35)42-22-16-24-48-50(42)56-51(57(48)47-23-15-14-21-41(47)36-19-12-9-13-20-36)43-33-44-45(34-49(43)58)54(6,7)27-26-53(44,4)5/h8-25,28-34,58H,26-27H2,1-7H3. The molecule has 1 aliphatic rings. The van der Waals surface area contributed by atoms with Crippen LogP contribution in [0.15, 0.2) is 152 Å². The topological polar surface area (TPSA) is 50.9 Å². The van der Waals surface area contributed by atoms with Crippen LogP contribution in [0.3, 0.4) is 0 Å². The first kappa shape index (κ1) is 37.3. The Morgan fingerprint density at radius 1 is 0.552 bits per heavy atom. The van der Waals surface area contributed by atoms with Crippen molar-refractivity contribution in [2.24, 2.45) is 0 Å². The highest BCUT2D eigenvalue weighted by Gasteiger charge is 2.38. The summed E-state index contributed by atoms with van der Waals surface area (Å²) in [6.45, 7) is 16.0. The molecule has 0 fully saturated rings. The maximum atomic E-state index is 12.1. The predicted molar refractivity (Wildman–Crippen MR) is 242 cm³/mol. The molecule has 0 atom stereocenters. The Morgan fingerprint density at radius 3 is 1.88 bits per heavy atom. The van der Waals surface area contributed by atoms with Crippen molar-refractivity contribution in [3.05, 3.63) is 168 Å². The van der Waals surface area contributed by atoms with E-state index in [1.165, 1.54) is 16.7 Å². The number of pyridine rings is 1. The van der Waals surface area contributed by atoms with E-state index in [4.69, 9.17) is 9.97 Å². The first-order chi connectivity index (χ1) is 27.8. The van der Waals surface area contributed by atoms with Crippen LogP contribution in [0.2, 0.25) is 0 Å². The number of nitrogens with zero attached hydrogens (tertiary/aromatic N) is 3. The summed E-state index contributed by atoms with van der Waals surface area (Å²) < 4.78 is 2.27. The molecule has 0 saturated carbocycles. The van der Waals surface area contributed by atoms with Crippen LogP contribution in [-0.2, 0) is 16.2 Å². The van der Waals surface area contributed by atoms with E-state index < -0.39 is 0 Å². The minimum absolute atomic E-state index is 0.0423. The Kier molecular flexibility index (Phi) is 9.00. The van der Waals surface area contributed by atoms with Gasteiger partial charge in [0.2, 0.25) is 0 Å². The van der Waals surface area contributed by atoms with Gasteiger partial charge < -0.3 is 5.11 Å². The van der Waals surface area contributed by atoms with Crippen LogP contribution in [0.5, 0.6) is 5.75 Å². The number of aromatic nitrogens is 3. The van der Waals surface area contributed by atoms with Crippen molar-refractivity contribution in [3.8, 4) is 67.5 Å². The number of imidazole rings is 1. The van der Waals surface area contributed by atoms with Crippen LogP contribution in [0.25, 0.3) is 72.7 Å². The molecule has 0 spiro atoms. The quantitative estimate of drug-likeness (QED) is 0.184. The fourth-order valence-electron chi connectivity index (χ4n) is 8.83. The van der Waals surface area contributed by atoms with Crippen LogP contribution in [-0.4, -0.2) is 19.6 Å². The van der Waals surface area contributed by atoms with Gasteiger partial charge in [-0.3, -0.25) is 9.55 Å². The van der Waals surface area contributed by atoms with E-state index in [1.54, 1.807) is 0 Å². The van der Waals surface area contributed by atoms with Crippen molar-refractivity contribution in [2.75, 3.05) is 0 Å². The predicted octanol–water partition coefficient (Wildman–Crippen LogP) is 14.1. The van der Waals surface area contributed by atoms with Crippen LogP contribution in [0.1, 0.15) is 78.0 Å². The molecule has 9 rings (SSSR count). The molecule has 1 N–H and O–H groups in total. The molecule has 2 heterocycles. The summed E-state index contributed by atoms with van der Waals surface area (Å²) in [5.41, 5.74) is 15.7. The van der Waals surface area contributed by atoms with Gasteiger partial charge in [-0.05, 0) is 117 Å². The zero-order valence-electron chi connectivity index (χ0n) is 34.6. The summed E-state index contributed by atoms with van der Waals surface area (Å²) in [7, 11) is 0. The molecule has 1 aliphatic carbocycles. The highest BCUT2D eigenvalue weighted by molar-refractivity contribution is 5.98. The van der Waals surface area contributed by atoms with Gasteiger partial charge in [-0.15, -0.1) is 0 Å². The summed E-state index contributed by atoms with van der Waals surface area (Å²) in [4.78, 5) is 10.5. The summed E-state index contributed by atoms with van der Waals surface area (Å²) in [6, 6.07) is 51.4. The number of hydrogen-bond donors (Lipinski definition) is 1. The van der Waals surface area contributed by atoms with E-state index in [0.717, 1.165) is 85.6 Å². The van der Waals surface area contributed by atoms with Gasteiger partial charge in [-0.25, -0.2) is 4.98 Å². The second-order valence-corrected chi connectivity index (χ2v) is 18.4. The normalized spacial score (nSPS) is 14.7. The minimum Gasteiger partial charge on any atom is -0.507 e. The molecule has 0 unspecified atom stereocenters. The lowest BCUT2D eigenvalue weighted by Gasteiger charge is -2.42. The number of phenolic OH excluding ortho intramolecular Hbond substituents is 1. The van der Waals surface area contributed by atoms with Gasteiger partial charge in [0, 0.05) is 22.9 Å². The number of fused-ring (bicyclic) bond motifs is 2. The smallest absolute Gasteiger partial charge is 0.149 e. The van der Waals surface area contributed by atoms with E-state index >= 15 is 0 Å². The Hall–Kier alpha value is -6.26. The van der Waals surface area contributed by atoms with Crippen molar-refractivity contribution in [1.82, 2.24) is 14.5 Å². The van der Waals surface area contributed by atoms with E-state index in [-0.39, 0.29) is 22.0 Å². The third-order valence-electron chi connectivity index (χ3n) is 12.4. The van der Waals surface area contributed by atoms with Gasteiger partial charge in [-0.2, -0.15) is 0 Å². The van der Waals surface area contributed by atoms with Crippen LogP contribution < -0.4 is 0 Å². The highest BCUT2D eigenvalue weighted by atomic mass is 16.3. The molecule has 0 amide bonds. The van der Waals surface area contributed by atoms with Gasteiger partial charge in [0.25, 0.3) is 0 Å². The average molecular weight is 758 g/mol. The van der Waals surface area contributed by atoms with Crippen molar-refractivity contribution >= 4 is 11.0 Å². The summed E-state index contributed by atoms with van der Waals surface area (Å²) in [5.74, 6) is 0.968. The Morgan fingerprint density at radius 2 is 1.17 bits per heavy atom. The second kappa shape index (κ2) is 14.0. The molecule has 6 aromatic carbocycles. The number of phenols is 1. The van der Waals surface area contributed by atoms with Gasteiger partial charge in [-0.1, -0.05) is 146 Å². The maximum absolute atomic E-state index is 12.1. The summed E-state index contributed by atoms with van der Waals surface area (Å²) in [5, 5.41) is 12.1. The number of para-hydroxylation sites is 2. The Bertz CT molecular complexity index is 2820. The lowest BCUT2D eigenvalue weighted by atomic mass is 9.63. The minimum atomic E-state index is -0.121. The van der Waals surface area contributed by atoms with E-state index in [9.17, 15) is 5.11 Å². The zero-order valence-corrected chi connectivity index (χ0v) is 34.6. The molecule has 4 nitrogen and oxygen atoms in total. The average Bonchev–Trinajstić information content (AvgIpc) is 3.62. The Labute approximate surface area is 342 Å². The first-order valence-electron chi connectivity index (χ1n) is 20.5. The van der Waals surface area contributed by atoms with E-state index in [2.05, 4.69) is 186 Å². The van der Waals surface area contributed by atoms with Crippen molar-refractivity contribution in [3.63, 3.8) is 0 Å². The molecule has 0 radical (unpaired) electrons. The summed E-state index contributed by atoms with van der Waals surface area (Å²) >= 11 is 0. The van der Waals surface area contributed by atoms with Gasteiger partial charge >= 0.3 is 0 Å². The highest BCUT2D eigenvalue weighted by Crippen LogP contribution is 2.50. The number of rotatable bonds is 6. The van der Waals surface area contributed by atoms with Crippen LogP contribution in [0.4, 0.5) is 0 Å². The molecule has 0 saturated heterocycles. The third-order valence-corrected chi connectivity index (χ3v) is 12.4. The monoisotopic (exact) mass is 757 g/mol. The fourth-order valence-corrected chi connectivity index (χ4v) is 8.83. The van der Waals surface area contributed by atoms with Crippen molar-refractivity contribution in [2.45, 2.75) is 77.6 Å². The van der Waals surface area contributed by atoms with E-state index in [1.807, 2.05) is 18.3 Å². The molecule has 58 heavy (non-hydrogen) atoms. The lowest BCUT2D eigenvalue weighted by Crippen LogP contribution is -2.33. The largest absolute Gasteiger partial charge is 0.507 e. The third kappa shape index (κ3) is 6.61. The lowest BCUT2D eigenvalue weighted by molar-refractivity contribution is 0.330. The molecule has 4 heteroatoms. The van der Waals surface area contributed by atoms with Gasteiger partial charge in [0.1, 0.15) is 11.6 Å². The number of hydrogen-bond acceptors (Lipinski definition) is 3. The second-order valence-electron chi connectivity index (χ2n) is 18.4. The number of benzene rings is 6. The van der Waals surface area contributed by atoms with Crippen LogP contribution in [0, 0.1) is 0 Å². The van der Waals surface area contributed by atoms with Crippen LogP contribution >= 0.6 is 0 Å². The molecule has 288 valence electrons. The number of aromatic hydroxyl groups is 1. The SMILES string of the molecule is CC(C)(C)c1cc(-c2cc(-c3ccccc3)ccn2)cc(-c2cccc3c2nc(-c2cc4c(cc2O)C(C)(C)CCC4(C)C)n3-c2ccccc2-c2ccccc2)c1. The molecule has 2 aromatic heterocycles. The Balaban J connectivity index is 1.32. The van der Waals surface area contributed by atoms with Gasteiger partial charge in [0.05, 0.1) is 28.0 Å². The molecule has 0 aliphatic heterocycles. The fraction of sp³-hybridized carbons (Fsp3) is 0.222. The molecule has 8 aromatic rings. The van der Waals surface area contributed by atoms with Crippen molar-refractivity contribution < 1.29 is 5.11 Å². The molecular weight excluding hydrogens is 707 g/mol. The van der Waals surface area contributed by atoms with E-state index in [0.29, 0.717) is 0 Å². The zero-order chi connectivity index (χ0) is 40.4. The molecule has 0 bridgehead atoms. The maximum Gasteiger partial charge on any atom is 0.149 e. The first-order valence-corrected chi connectivity index (χ1v) is 20.5. The molecular formula is C54H51N3O. The van der Waals surface area contributed by atoms with Crippen molar-refractivity contribution in [1.29, 1.82) is 0 Å². The summed E-state index contributed by atoms with van der Waals surface area (Å²) in [6.07, 6.45) is 4.05.